The van der Waals surface area contributed by atoms with Gasteiger partial charge in [0.05, 0.1) is 7.11 Å². The fraction of sp³-hybridized carbons (Fsp3) is 0.136. The van der Waals surface area contributed by atoms with Gasteiger partial charge in [-0.2, -0.15) is 0 Å². The Morgan fingerprint density at radius 3 is 2.74 bits per heavy atom. The molecule has 0 fully saturated rings. The van der Waals surface area contributed by atoms with E-state index in [1.165, 1.54) is 31.0 Å². The maximum Gasteiger partial charge on any atom is 0.119 e. The molecule has 27 heavy (non-hydrogen) atoms. The Bertz CT molecular complexity index is 1050. The van der Waals surface area contributed by atoms with Crippen LogP contribution in [0.2, 0.25) is 0 Å². The molecular weight excluding hydrogens is 372 g/mol. The summed E-state index contributed by atoms with van der Waals surface area (Å²) in [5.41, 5.74) is 7.93. The van der Waals surface area contributed by atoms with E-state index in [9.17, 15) is 0 Å². The Labute approximate surface area is 168 Å². The first-order valence-electron chi connectivity index (χ1n) is 8.48. The van der Waals surface area contributed by atoms with Crippen molar-refractivity contribution in [1.29, 1.82) is 0 Å². The number of hydrogen-bond acceptors (Lipinski definition) is 5. The number of benzene rings is 2. The van der Waals surface area contributed by atoms with Crippen molar-refractivity contribution in [1.82, 2.24) is 0 Å². The fourth-order valence-corrected chi connectivity index (χ4v) is 4.84. The van der Waals surface area contributed by atoms with Gasteiger partial charge in [0, 0.05) is 25.6 Å². The molecular formula is C22H22N2OS2. The van der Waals surface area contributed by atoms with E-state index < -0.39 is 0 Å². The lowest BCUT2D eigenvalue weighted by Gasteiger charge is -2.05. The largest absolute Gasteiger partial charge is 0.497 e. The van der Waals surface area contributed by atoms with E-state index in [0.717, 1.165) is 10.6 Å². The lowest BCUT2D eigenvalue weighted by Crippen LogP contribution is -1.89. The highest BCUT2D eigenvalue weighted by molar-refractivity contribution is 7.99. The number of thiophene rings is 1. The molecule has 0 saturated heterocycles. The van der Waals surface area contributed by atoms with Crippen molar-refractivity contribution in [2.75, 3.05) is 7.11 Å². The van der Waals surface area contributed by atoms with Gasteiger partial charge >= 0.3 is 0 Å². The first-order chi connectivity index (χ1) is 13.0. The average Bonchev–Trinajstić information content (AvgIpc) is 2.98. The number of allylic oxidation sites excluding steroid dienone is 2. The molecule has 2 N–H and O–H groups in total. The molecule has 0 aliphatic rings. The molecule has 0 atom stereocenters. The Morgan fingerprint density at radius 2 is 2.00 bits per heavy atom. The molecule has 0 saturated carbocycles. The van der Waals surface area contributed by atoms with E-state index in [1.54, 1.807) is 36.4 Å². The first kappa shape index (κ1) is 19.3. The smallest absolute Gasteiger partial charge is 0.119 e. The number of aryl methyl sites for hydroxylation is 1. The normalized spacial score (nSPS) is 12.0. The van der Waals surface area contributed by atoms with Crippen LogP contribution in [0.25, 0.3) is 15.7 Å². The summed E-state index contributed by atoms with van der Waals surface area (Å²) < 4.78 is 6.60. The first-order valence-corrected chi connectivity index (χ1v) is 10.1. The summed E-state index contributed by atoms with van der Waals surface area (Å²) >= 11 is 3.54. The van der Waals surface area contributed by atoms with Gasteiger partial charge in [-0.3, -0.25) is 0 Å². The third-order valence-corrected chi connectivity index (χ3v) is 6.50. The van der Waals surface area contributed by atoms with Crippen LogP contribution in [0.5, 0.6) is 5.75 Å². The van der Waals surface area contributed by atoms with Gasteiger partial charge in [-0.25, -0.2) is 4.99 Å². The molecule has 0 unspecified atom stereocenters. The maximum absolute atomic E-state index is 5.48. The van der Waals surface area contributed by atoms with Crippen LogP contribution in [0, 0.1) is 6.92 Å². The minimum atomic E-state index is 0.311. The van der Waals surface area contributed by atoms with Crippen molar-refractivity contribution < 1.29 is 4.74 Å². The average molecular weight is 395 g/mol. The van der Waals surface area contributed by atoms with Crippen molar-refractivity contribution in [2.24, 2.45) is 10.7 Å². The second-order valence-electron chi connectivity index (χ2n) is 6.11. The number of nitrogens with two attached hydrogens (primary N) is 1. The monoisotopic (exact) mass is 394 g/mol. The predicted octanol–water partition coefficient (Wildman–Crippen LogP) is 6.27. The highest BCUT2D eigenvalue weighted by Gasteiger charge is 2.11. The second kappa shape index (κ2) is 8.46. The summed E-state index contributed by atoms with van der Waals surface area (Å²) in [5.74, 6) is 1.18. The van der Waals surface area contributed by atoms with Crippen molar-refractivity contribution >= 4 is 45.0 Å². The number of aliphatic imine (C=N–C) groups is 1. The molecule has 0 aliphatic carbocycles. The Hall–Kier alpha value is -2.50. The third-order valence-electron chi connectivity index (χ3n) is 4.11. The van der Waals surface area contributed by atoms with Crippen molar-refractivity contribution in [3.63, 3.8) is 0 Å². The van der Waals surface area contributed by atoms with Crippen molar-refractivity contribution in [3.05, 3.63) is 71.4 Å². The quantitative estimate of drug-likeness (QED) is 0.501. The van der Waals surface area contributed by atoms with Gasteiger partial charge in [0.15, 0.2) is 0 Å². The topological polar surface area (TPSA) is 47.6 Å². The standard InChI is InChI=1S/C22H22N2OS2/c1-14(10-11-24-16(3)23)22-15(2)20-13-19(8-9-21(20)27-22)26-18-7-5-6-17(12-18)25-4/h5-13H,3,23H2,1-2,4H3/b14-10+,24-11-. The van der Waals surface area contributed by atoms with E-state index in [-0.39, 0.29) is 0 Å². The lowest BCUT2D eigenvalue weighted by molar-refractivity contribution is 0.413. The number of fused-ring (bicyclic) bond motifs is 1. The molecule has 5 heteroatoms. The molecule has 138 valence electrons. The molecule has 3 nitrogen and oxygen atoms in total. The minimum Gasteiger partial charge on any atom is -0.497 e. The van der Waals surface area contributed by atoms with Gasteiger partial charge in [-0.15, -0.1) is 11.3 Å². The molecule has 3 aromatic rings. The van der Waals surface area contributed by atoms with Gasteiger partial charge in [0.2, 0.25) is 0 Å². The van der Waals surface area contributed by atoms with Gasteiger partial charge < -0.3 is 10.5 Å². The zero-order valence-electron chi connectivity index (χ0n) is 15.7. The van der Waals surface area contributed by atoms with Crippen LogP contribution in [0.15, 0.2) is 75.7 Å². The summed E-state index contributed by atoms with van der Waals surface area (Å²) in [5, 5.41) is 1.29. The molecule has 0 bridgehead atoms. The number of rotatable bonds is 6. The Balaban J connectivity index is 1.91. The van der Waals surface area contributed by atoms with E-state index in [4.69, 9.17) is 10.5 Å². The highest BCUT2D eigenvalue weighted by Crippen LogP contribution is 2.38. The van der Waals surface area contributed by atoms with Crippen LogP contribution in [0.1, 0.15) is 17.4 Å². The van der Waals surface area contributed by atoms with Gasteiger partial charge in [0.25, 0.3) is 0 Å². The zero-order chi connectivity index (χ0) is 19.4. The van der Waals surface area contributed by atoms with Gasteiger partial charge in [-0.1, -0.05) is 24.4 Å². The molecule has 2 aromatic carbocycles. The second-order valence-corrected chi connectivity index (χ2v) is 8.31. The lowest BCUT2D eigenvalue weighted by atomic mass is 10.1. The van der Waals surface area contributed by atoms with Gasteiger partial charge in [-0.05, 0) is 72.8 Å². The number of methoxy groups -OCH3 is 1. The molecule has 1 aromatic heterocycles. The van der Waals surface area contributed by atoms with Crippen LogP contribution >= 0.6 is 23.1 Å². The van der Waals surface area contributed by atoms with Crippen LogP contribution < -0.4 is 10.5 Å². The molecule has 0 amide bonds. The molecule has 0 spiro atoms. The Morgan fingerprint density at radius 1 is 1.22 bits per heavy atom. The van der Waals surface area contributed by atoms with Crippen molar-refractivity contribution in [3.8, 4) is 5.75 Å². The summed E-state index contributed by atoms with van der Waals surface area (Å²) in [6.07, 6.45) is 3.67. The van der Waals surface area contributed by atoms with Crippen LogP contribution in [-0.4, -0.2) is 13.3 Å². The third kappa shape index (κ3) is 4.62. The molecule has 3 rings (SSSR count). The zero-order valence-corrected chi connectivity index (χ0v) is 17.3. The summed E-state index contributed by atoms with van der Waals surface area (Å²) in [6, 6.07) is 14.8. The highest BCUT2D eigenvalue weighted by atomic mass is 32.2. The summed E-state index contributed by atoms with van der Waals surface area (Å²) in [6.45, 7) is 7.84. The van der Waals surface area contributed by atoms with Crippen LogP contribution in [0.4, 0.5) is 0 Å². The van der Waals surface area contributed by atoms with E-state index >= 15 is 0 Å². The van der Waals surface area contributed by atoms with E-state index in [0.29, 0.717) is 5.82 Å². The summed E-state index contributed by atoms with van der Waals surface area (Å²) in [4.78, 5) is 7.66. The number of hydrogen-bond donors (Lipinski definition) is 1. The summed E-state index contributed by atoms with van der Waals surface area (Å²) in [7, 11) is 1.69. The van der Waals surface area contributed by atoms with E-state index in [2.05, 4.69) is 55.8 Å². The van der Waals surface area contributed by atoms with E-state index in [1.807, 2.05) is 18.2 Å². The maximum atomic E-state index is 5.48. The van der Waals surface area contributed by atoms with Crippen LogP contribution in [-0.2, 0) is 0 Å². The SMILES string of the molecule is C=C(N)/N=C\C=C(/C)c1sc2ccc(Sc3cccc(OC)c3)cc2c1C. The van der Waals surface area contributed by atoms with Crippen molar-refractivity contribution in [2.45, 2.75) is 23.6 Å². The molecule has 1 heterocycles. The number of ether oxygens (including phenoxy) is 1. The Kier molecular flexibility index (Phi) is 6.04. The fourth-order valence-electron chi connectivity index (χ4n) is 2.76. The molecule has 0 radical (unpaired) electrons. The molecule has 0 aliphatic heterocycles. The minimum absolute atomic E-state index is 0.311. The number of nitrogens with zero attached hydrogens (tertiary/aromatic N) is 1. The van der Waals surface area contributed by atoms with Crippen LogP contribution in [0.3, 0.4) is 0 Å². The predicted molar refractivity (Wildman–Crippen MR) is 119 cm³/mol. The van der Waals surface area contributed by atoms with Gasteiger partial charge in [0.1, 0.15) is 11.6 Å².